The molecule has 0 aliphatic heterocycles. The van der Waals surface area contributed by atoms with E-state index in [9.17, 15) is 5.26 Å². The molecule has 2 aromatic heterocycles. The van der Waals surface area contributed by atoms with Gasteiger partial charge >= 0.3 is 0 Å². The second kappa shape index (κ2) is 14.3. The first-order valence-corrected chi connectivity index (χ1v) is 24.6. The first-order valence-electron chi connectivity index (χ1n) is 24.6. The fraction of sp³-hybridized carbons (Fsp3) is 0.333. The van der Waals surface area contributed by atoms with Crippen molar-refractivity contribution in [2.24, 2.45) is 35.5 Å². The second-order valence-electron chi connectivity index (χ2n) is 21.7. The topological polar surface area (TPSA) is 67.4 Å². The van der Waals surface area contributed by atoms with Gasteiger partial charge in [-0.25, -0.2) is 15.0 Å². The SMILES string of the molecule is N#Cc1cccc(-n2c3ccccc3c3c(-c4nc(-c5ccc(C67CC8CC(CC(C8)C6)C7)cc5)nc(-c5cccc(-c6ccc(C78CC9CC(CC(C9)C7)C8)cc6)c5)n4)cccc32)c1. The largest absolute Gasteiger partial charge is 0.309 e. The molecule has 8 saturated carbocycles. The Hall–Kier alpha value is -6.38. The normalized spacial score (nSPS) is 28.3. The standard InChI is InChI=1S/C60H53N5/c61-36-37-6-3-9-50(28-37)65-53-12-2-1-10-51(53)55-52(11-5-13-54(55)65)58-63-56(45-16-20-49(21-17-45)60-33-41-25-42(34-60)27-43(26-41)35-60)62-57(64-58)47-8-4-7-46(29-47)44-14-18-48(19-15-44)59-30-38-22-39(31-59)24-40(23-38)32-59/h1-21,28-29,38-43H,22-27,30-35H2. The summed E-state index contributed by atoms with van der Waals surface area (Å²) in [7, 11) is 0. The van der Waals surface area contributed by atoms with Crippen LogP contribution in [0.15, 0.2) is 140 Å². The Balaban J connectivity index is 0.890. The molecule has 8 fully saturated rings. The molecule has 318 valence electrons. The van der Waals surface area contributed by atoms with E-state index in [-0.39, 0.29) is 0 Å². The molecular formula is C60H53N5. The van der Waals surface area contributed by atoms with Gasteiger partial charge in [0.1, 0.15) is 0 Å². The van der Waals surface area contributed by atoms with E-state index >= 15 is 0 Å². The van der Waals surface area contributed by atoms with Crippen molar-refractivity contribution < 1.29 is 0 Å². The van der Waals surface area contributed by atoms with Crippen LogP contribution >= 0.6 is 0 Å². The van der Waals surface area contributed by atoms with Crippen molar-refractivity contribution in [1.29, 1.82) is 5.26 Å². The van der Waals surface area contributed by atoms with Crippen LogP contribution in [0, 0.1) is 46.8 Å². The van der Waals surface area contributed by atoms with Crippen LogP contribution < -0.4 is 0 Å². The van der Waals surface area contributed by atoms with Gasteiger partial charge in [0.25, 0.3) is 0 Å². The first-order chi connectivity index (χ1) is 31.9. The molecule has 5 heteroatoms. The average molecular weight is 844 g/mol. The molecule has 8 bridgehead atoms. The van der Waals surface area contributed by atoms with Crippen LogP contribution in [0.5, 0.6) is 0 Å². The molecular weight excluding hydrogens is 791 g/mol. The lowest BCUT2D eigenvalue weighted by Crippen LogP contribution is -2.48. The Labute approximate surface area is 381 Å². The summed E-state index contributed by atoms with van der Waals surface area (Å²) in [5.74, 6) is 7.50. The molecule has 16 rings (SSSR count). The summed E-state index contributed by atoms with van der Waals surface area (Å²) in [6.07, 6.45) is 16.9. The van der Waals surface area contributed by atoms with Crippen molar-refractivity contribution >= 4 is 21.8 Å². The average Bonchev–Trinajstić information content (AvgIpc) is 3.68. The number of para-hydroxylation sites is 1. The van der Waals surface area contributed by atoms with E-state index < -0.39 is 0 Å². The van der Waals surface area contributed by atoms with Gasteiger partial charge in [0.05, 0.1) is 22.7 Å². The van der Waals surface area contributed by atoms with Crippen molar-refractivity contribution in [3.05, 3.63) is 156 Å². The molecule has 2 heterocycles. The van der Waals surface area contributed by atoms with Gasteiger partial charge < -0.3 is 4.57 Å². The summed E-state index contributed by atoms with van der Waals surface area (Å²) in [4.78, 5) is 16.1. The number of benzene rings is 6. The lowest BCUT2D eigenvalue weighted by Gasteiger charge is -2.57. The van der Waals surface area contributed by atoms with Crippen molar-refractivity contribution in [1.82, 2.24) is 19.5 Å². The molecule has 5 nitrogen and oxygen atoms in total. The minimum absolute atomic E-state index is 0.327. The number of hydrogen-bond acceptors (Lipinski definition) is 4. The lowest BCUT2D eigenvalue weighted by atomic mass is 9.48. The van der Waals surface area contributed by atoms with Gasteiger partial charge in [-0.05, 0) is 182 Å². The lowest BCUT2D eigenvalue weighted by molar-refractivity contribution is -0.00530. The Morgan fingerprint density at radius 3 is 1.57 bits per heavy atom. The predicted octanol–water partition coefficient (Wildman–Crippen LogP) is 14.4. The van der Waals surface area contributed by atoms with Crippen LogP contribution in [0.3, 0.4) is 0 Å². The highest BCUT2D eigenvalue weighted by Crippen LogP contribution is 2.62. The van der Waals surface area contributed by atoms with Crippen molar-refractivity contribution in [3.63, 3.8) is 0 Å². The molecule has 0 radical (unpaired) electrons. The van der Waals surface area contributed by atoms with Crippen molar-refractivity contribution in [3.8, 4) is 57.0 Å². The Bertz CT molecular complexity index is 3170. The molecule has 65 heavy (non-hydrogen) atoms. The second-order valence-corrected chi connectivity index (χ2v) is 21.7. The third-order valence-corrected chi connectivity index (χ3v) is 17.6. The molecule has 0 unspecified atom stereocenters. The molecule has 6 aromatic carbocycles. The van der Waals surface area contributed by atoms with Gasteiger partial charge in [-0.15, -0.1) is 0 Å². The first kappa shape index (κ1) is 37.9. The minimum Gasteiger partial charge on any atom is -0.309 e. The smallest absolute Gasteiger partial charge is 0.164 e. The molecule has 0 saturated heterocycles. The van der Waals surface area contributed by atoms with Crippen LogP contribution in [-0.4, -0.2) is 19.5 Å². The van der Waals surface area contributed by atoms with E-state index in [1.165, 1.54) is 93.7 Å². The highest BCUT2D eigenvalue weighted by atomic mass is 15.0. The number of fused-ring (bicyclic) bond motifs is 3. The quantitative estimate of drug-likeness (QED) is 0.160. The Morgan fingerprint density at radius 1 is 0.446 bits per heavy atom. The fourth-order valence-electron chi connectivity index (χ4n) is 15.7. The zero-order chi connectivity index (χ0) is 42.9. The van der Waals surface area contributed by atoms with Crippen LogP contribution in [0.4, 0.5) is 0 Å². The molecule has 0 atom stereocenters. The number of aromatic nitrogens is 4. The molecule has 0 amide bonds. The van der Waals surface area contributed by atoms with E-state index in [1.807, 2.05) is 18.2 Å². The summed E-state index contributed by atoms with van der Waals surface area (Å²) in [6.45, 7) is 0. The van der Waals surface area contributed by atoms with E-state index in [4.69, 9.17) is 15.0 Å². The van der Waals surface area contributed by atoms with Gasteiger partial charge in [-0.2, -0.15) is 5.26 Å². The van der Waals surface area contributed by atoms with Crippen molar-refractivity contribution in [2.75, 3.05) is 0 Å². The van der Waals surface area contributed by atoms with Crippen LogP contribution in [-0.2, 0) is 10.8 Å². The third-order valence-electron chi connectivity index (χ3n) is 17.6. The Kier molecular flexibility index (Phi) is 8.35. The van der Waals surface area contributed by atoms with Gasteiger partial charge in [0, 0.05) is 33.2 Å². The monoisotopic (exact) mass is 843 g/mol. The molecule has 0 N–H and O–H groups in total. The van der Waals surface area contributed by atoms with E-state index in [1.54, 1.807) is 5.56 Å². The zero-order valence-electron chi connectivity index (χ0n) is 37.0. The molecule has 8 aromatic rings. The summed E-state index contributed by atoms with van der Waals surface area (Å²) >= 11 is 0. The summed E-state index contributed by atoms with van der Waals surface area (Å²) in [5.41, 5.74) is 12.8. The highest BCUT2D eigenvalue weighted by molar-refractivity contribution is 6.15. The van der Waals surface area contributed by atoms with E-state index in [0.717, 1.165) is 79.7 Å². The zero-order valence-corrected chi connectivity index (χ0v) is 37.0. The van der Waals surface area contributed by atoms with Crippen LogP contribution in [0.2, 0.25) is 0 Å². The molecule has 8 aliphatic carbocycles. The summed E-state index contributed by atoms with van der Waals surface area (Å²) in [5, 5.41) is 12.0. The molecule has 8 aliphatic rings. The highest BCUT2D eigenvalue weighted by Gasteiger charge is 2.52. The summed E-state index contributed by atoms with van der Waals surface area (Å²) < 4.78 is 2.26. The van der Waals surface area contributed by atoms with Crippen molar-refractivity contribution in [2.45, 2.75) is 87.9 Å². The number of hydrogen-bond donors (Lipinski definition) is 0. The maximum absolute atomic E-state index is 9.85. The van der Waals surface area contributed by atoms with Gasteiger partial charge in [-0.1, -0.05) is 103 Å². The minimum atomic E-state index is 0.327. The predicted molar refractivity (Wildman–Crippen MR) is 260 cm³/mol. The van der Waals surface area contributed by atoms with E-state index in [0.29, 0.717) is 33.9 Å². The maximum Gasteiger partial charge on any atom is 0.164 e. The van der Waals surface area contributed by atoms with Crippen LogP contribution in [0.1, 0.15) is 93.7 Å². The van der Waals surface area contributed by atoms with Gasteiger partial charge in [0.15, 0.2) is 17.5 Å². The number of nitrogens with zero attached hydrogens (tertiary/aromatic N) is 5. The van der Waals surface area contributed by atoms with E-state index in [2.05, 4.69) is 132 Å². The fourth-order valence-corrected chi connectivity index (χ4v) is 15.7. The molecule has 0 spiro atoms. The van der Waals surface area contributed by atoms with Crippen LogP contribution in [0.25, 0.3) is 72.8 Å². The van der Waals surface area contributed by atoms with Gasteiger partial charge in [-0.3, -0.25) is 0 Å². The number of rotatable bonds is 7. The maximum atomic E-state index is 9.85. The number of nitriles is 1. The van der Waals surface area contributed by atoms with Gasteiger partial charge in [0.2, 0.25) is 0 Å². The third kappa shape index (κ3) is 6.12. The summed E-state index contributed by atoms with van der Waals surface area (Å²) in [6, 6.07) is 53.0. The Morgan fingerprint density at radius 2 is 0.954 bits per heavy atom.